The first kappa shape index (κ1) is 8.52. The lowest BCUT2D eigenvalue weighted by atomic mass is 9.93. The van der Waals surface area contributed by atoms with Gasteiger partial charge in [0, 0.05) is 19.0 Å². The van der Waals surface area contributed by atoms with E-state index >= 15 is 0 Å². The minimum absolute atomic E-state index is 0.764. The zero-order valence-corrected chi connectivity index (χ0v) is 7.96. The fourth-order valence-corrected chi connectivity index (χ4v) is 1.54. The van der Waals surface area contributed by atoms with E-state index in [0.29, 0.717) is 0 Å². The summed E-state index contributed by atoms with van der Waals surface area (Å²) >= 11 is 0. The molecule has 13 heavy (non-hydrogen) atoms. The molecule has 0 bridgehead atoms. The molecule has 1 aromatic carbocycles. The van der Waals surface area contributed by atoms with Crippen molar-refractivity contribution in [2.75, 3.05) is 13.1 Å². The van der Waals surface area contributed by atoms with Crippen LogP contribution in [0.1, 0.15) is 12.5 Å². The monoisotopic (exact) mass is 173 g/mol. The van der Waals surface area contributed by atoms with Gasteiger partial charge >= 0.3 is 0 Å². The fourth-order valence-electron chi connectivity index (χ4n) is 1.54. The molecule has 0 radical (unpaired) electrons. The van der Waals surface area contributed by atoms with Crippen molar-refractivity contribution in [1.82, 2.24) is 5.32 Å². The van der Waals surface area contributed by atoms with E-state index in [1.54, 1.807) is 0 Å². The summed E-state index contributed by atoms with van der Waals surface area (Å²) in [5, 5.41) is 3.29. The van der Waals surface area contributed by atoms with Crippen LogP contribution in [0.25, 0.3) is 6.08 Å². The smallest absolute Gasteiger partial charge is 0.00479 e. The third-order valence-electron chi connectivity index (χ3n) is 2.62. The van der Waals surface area contributed by atoms with Gasteiger partial charge in [-0.1, -0.05) is 42.0 Å². The lowest BCUT2D eigenvalue weighted by Crippen LogP contribution is -2.42. The van der Waals surface area contributed by atoms with Crippen molar-refractivity contribution in [2.24, 2.45) is 5.92 Å². The molecule has 0 unspecified atom stereocenters. The number of nitrogens with one attached hydrogen (secondary N) is 1. The Bertz CT molecular complexity index is 296. The van der Waals surface area contributed by atoms with E-state index in [1.807, 2.05) is 0 Å². The molecular weight excluding hydrogens is 158 g/mol. The van der Waals surface area contributed by atoms with Crippen molar-refractivity contribution in [1.29, 1.82) is 0 Å². The van der Waals surface area contributed by atoms with Crippen LogP contribution in [-0.2, 0) is 0 Å². The molecule has 1 saturated heterocycles. The second kappa shape index (κ2) is 3.75. The van der Waals surface area contributed by atoms with Crippen LogP contribution in [0.15, 0.2) is 35.9 Å². The normalized spacial score (nSPS) is 18.4. The van der Waals surface area contributed by atoms with E-state index in [2.05, 4.69) is 48.6 Å². The molecule has 1 heterocycles. The predicted molar refractivity (Wildman–Crippen MR) is 56.5 cm³/mol. The number of rotatable bonds is 2. The molecule has 1 aliphatic heterocycles. The van der Waals surface area contributed by atoms with Crippen LogP contribution in [0.5, 0.6) is 0 Å². The summed E-state index contributed by atoms with van der Waals surface area (Å²) in [7, 11) is 0. The third-order valence-corrected chi connectivity index (χ3v) is 2.62. The first-order valence-electron chi connectivity index (χ1n) is 4.80. The molecule has 0 saturated carbocycles. The number of benzene rings is 1. The van der Waals surface area contributed by atoms with Gasteiger partial charge in [0.1, 0.15) is 0 Å². The maximum Gasteiger partial charge on any atom is 0.00479 e. The SMILES string of the molecule is C/C(=C\c1ccccc1)C1CNC1. The highest BCUT2D eigenvalue weighted by Gasteiger charge is 2.17. The number of hydrogen-bond donors (Lipinski definition) is 1. The van der Waals surface area contributed by atoms with Gasteiger partial charge in [-0.05, 0) is 12.5 Å². The van der Waals surface area contributed by atoms with E-state index in [1.165, 1.54) is 11.1 Å². The van der Waals surface area contributed by atoms with Crippen LogP contribution in [0, 0.1) is 5.92 Å². The van der Waals surface area contributed by atoms with Gasteiger partial charge in [0.15, 0.2) is 0 Å². The zero-order chi connectivity index (χ0) is 9.10. The molecule has 1 aliphatic rings. The summed E-state index contributed by atoms with van der Waals surface area (Å²) in [6.45, 7) is 4.52. The van der Waals surface area contributed by atoms with Gasteiger partial charge in [-0.25, -0.2) is 0 Å². The van der Waals surface area contributed by atoms with Gasteiger partial charge in [0.25, 0.3) is 0 Å². The van der Waals surface area contributed by atoms with Gasteiger partial charge in [-0.15, -0.1) is 0 Å². The minimum atomic E-state index is 0.764. The molecule has 0 aromatic heterocycles. The molecule has 0 atom stereocenters. The molecule has 0 spiro atoms. The van der Waals surface area contributed by atoms with Crippen molar-refractivity contribution < 1.29 is 0 Å². The molecular formula is C12H15N. The van der Waals surface area contributed by atoms with Gasteiger partial charge in [-0.3, -0.25) is 0 Å². The minimum Gasteiger partial charge on any atom is -0.315 e. The molecule has 1 nitrogen and oxygen atoms in total. The van der Waals surface area contributed by atoms with E-state index < -0.39 is 0 Å². The zero-order valence-electron chi connectivity index (χ0n) is 7.96. The fraction of sp³-hybridized carbons (Fsp3) is 0.333. The Morgan fingerprint density at radius 3 is 2.54 bits per heavy atom. The summed E-state index contributed by atoms with van der Waals surface area (Å²) in [5.41, 5.74) is 2.80. The molecule has 1 aromatic rings. The lowest BCUT2D eigenvalue weighted by molar-refractivity contribution is 0.401. The standard InChI is InChI=1S/C12H15N/c1-10(12-8-13-9-12)7-11-5-3-2-4-6-11/h2-7,12-13H,8-9H2,1H3/b10-7+. The lowest BCUT2D eigenvalue weighted by Gasteiger charge is -2.28. The topological polar surface area (TPSA) is 12.0 Å². The van der Waals surface area contributed by atoms with E-state index in [4.69, 9.17) is 0 Å². The Hall–Kier alpha value is -1.08. The number of hydrogen-bond acceptors (Lipinski definition) is 1. The van der Waals surface area contributed by atoms with Crippen molar-refractivity contribution in [3.63, 3.8) is 0 Å². The van der Waals surface area contributed by atoms with Crippen LogP contribution in [-0.4, -0.2) is 13.1 Å². The maximum atomic E-state index is 3.29. The molecule has 1 N–H and O–H groups in total. The highest BCUT2D eigenvalue weighted by atomic mass is 14.9. The average molecular weight is 173 g/mol. The van der Waals surface area contributed by atoms with Crippen molar-refractivity contribution in [3.8, 4) is 0 Å². The Kier molecular flexibility index (Phi) is 2.46. The van der Waals surface area contributed by atoms with Crippen molar-refractivity contribution >= 4 is 6.08 Å². The second-order valence-corrected chi connectivity index (χ2v) is 3.65. The Morgan fingerprint density at radius 1 is 1.31 bits per heavy atom. The van der Waals surface area contributed by atoms with Crippen LogP contribution in [0.4, 0.5) is 0 Å². The third kappa shape index (κ3) is 1.99. The summed E-state index contributed by atoms with van der Waals surface area (Å²) in [4.78, 5) is 0. The highest BCUT2D eigenvalue weighted by Crippen LogP contribution is 2.17. The van der Waals surface area contributed by atoms with E-state index in [9.17, 15) is 0 Å². The summed E-state index contributed by atoms with van der Waals surface area (Å²) in [6, 6.07) is 10.5. The van der Waals surface area contributed by atoms with E-state index in [-0.39, 0.29) is 0 Å². The molecule has 68 valence electrons. The molecule has 1 heteroatoms. The Morgan fingerprint density at radius 2 is 2.00 bits per heavy atom. The van der Waals surface area contributed by atoms with Crippen LogP contribution in [0.2, 0.25) is 0 Å². The van der Waals surface area contributed by atoms with Crippen molar-refractivity contribution in [2.45, 2.75) is 6.92 Å². The van der Waals surface area contributed by atoms with Gasteiger partial charge in [0.2, 0.25) is 0 Å². The quantitative estimate of drug-likeness (QED) is 0.723. The van der Waals surface area contributed by atoms with Crippen LogP contribution >= 0.6 is 0 Å². The first-order valence-corrected chi connectivity index (χ1v) is 4.80. The molecule has 0 aliphatic carbocycles. The largest absolute Gasteiger partial charge is 0.315 e. The van der Waals surface area contributed by atoms with Gasteiger partial charge in [-0.2, -0.15) is 0 Å². The van der Waals surface area contributed by atoms with Crippen LogP contribution in [0.3, 0.4) is 0 Å². The predicted octanol–water partition coefficient (Wildman–Crippen LogP) is 2.31. The Balaban J connectivity index is 2.10. The summed E-state index contributed by atoms with van der Waals surface area (Å²) in [6.07, 6.45) is 2.28. The molecule has 1 fully saturated rings. The molecule has 2 rings (SSSR count). The summed E-state index contributed by atoms with van der Waals surface area (Å²) in [5.74, 6) is 0.764. The second-order valence-electron chi connectivity index (χ2n) is 3.65. The summed E-state index contributed by atoms with van der Waals surface area (Å²) < 4.78 is 0. The first-order chi connectivity index (χ1) is 6.36. The van der Waals surface area contributed by atoms with E-state index in [0.717, 1.165) is 19.0 Å². The molecule has 0 amide bonds. The average Bonchev–Trinajstić information content (AvgIpc) is 2.02. The van der Waals surface area contributed by atoms with Gasteiger partial charge < -0.3 is 5.32 Å². The van der Waals surface area contributed by atoms with Gasteiger partial charge in [0.05, 0.1) is 0 Å². The Labute approximate surface area is 79.5 Å². The highest BCUT2D eigenvalue weighted by molar-refractivity contribution is 5.52. The maximum absolute atomic E-state index is 3.29. The van der Waals surface area contributed by atoms with Crippen molar-refractivity contribution in [3.05, 3.63) is 41.5 Å². The van der Waals surface area contributed by atoms with Crippen LogP contribution < -0.4 is 5.32 Å².